The fourth-order valence-corrected chi connectivity index (χ4v) is 4.48. The van der Waals surface area contributed by atoms with Gasteiger partial charge in [0.1, 0.15) is 12.6 Å². The SMILES string of the molecule is C#CC(CC(=O)OCc1ccccc1)NC(=O)[C@@H]1CCCN(C(=O)CCC2CCNCC2)C1.O=C(O)C(F)(F)F. The highest BCUT2D eigenvalue weighted by atomic mass is 19.4. The summed E-state index contributed by atoms with van der Waals surface area (Å²) in [7, 11) is 0. The van der Waals surface area contributed by atoms with Gasteiger partial charge in [-0.2, -0.15) is 13.2 Å². The van der Waals surface area contributed by atoms with Crippen molar-refractivity contribution < 1.29 is 42.2 Å². The van der Waals surface area contributed by atoms with Crippen molar-refractivity contribution in [1.29, 1.82) is 0 Å². The average Bonchev–Trinajstić information content (AvgIpc) is 2.95. The monoisotopic (exact) mass is 567 g/mol. The van der Waals surface area contributed by atoms with Crippen LogP contribution in [-0.2, 0) is 30.5 Å². The number of esters is 1. The van der Waals surface area contributed by atoms with Crippen molar-refractivity contribution in [3.05, 3.63) is 35.9 Å². The second-order valence-electron chi connectivity index (χ2n) is 9.79. The van der Waals surface area contributed by atoms with Gasteiger partial charge < -0.3 is 25.4 Å². The lowest BCUT2D eigenvalue weighted by molar-refractivity contribution is -0.192. The Morgan fingerprint density at radius 2 is 1.80 bits per heavy atom. The molecule has 1 aromatic rings. The standard InChI is InChI=1S/C26H35N3O4.C2HF3O2/c1-2-23(17-25(31)33-19-21-7-4-3-5-8-21)28-26(32)22-9-6-16-29(18-22)24(30)11-10-20-12-14-27-15-13-20;3-2(4,5)1(6)7/h1,3-5,7-8,20,22-23,27H,6,9-19H2,(H,28,32);(H,6,7)/t22-,23?;/m1./s1. The molecule has 0 aromatic heterocycles. The molecule has 2 atom stereocenters. The molecule has 0 bridgehead atoms. The normalized spacial score (nSPS) is 18.4. The number of nitrogens with one attached hydrogen (secondary N) is 2. The van der Waals surface area contributed by atoms with E-state index in [-0.39, 0.29) is 30.8 Å². The predicted octanol–water partition coefficient (Wildman–Crippen LogP) is 2.89. The highest BCUT2D eigenvalue weighted by Gasteiger charge is 2.38. The zero-order valence-corrected chi connectivity index (χ0v) is 22.3. The number of terminal acetylenes is 1. The van der Waals surface area contributed by atoms with E-state index < -0.39 is 24.2 Å². The van der Waals surface area contributed by atoms with Crippen molar-refractivity contribution >= 4 is 23.8 Å². The van der Waals surface area contributed by atoms with Crippen LogP contribution in [0.5, 0.6) is 0 Å². The van der Waals surface area contributed by atoms with Gasteiger partial charge in [0.05, 0.1) is 12.3 Å². The minimum Gasteiger partial charge on any atom is -0.475 e. The van der Waals surface area contributed by atoms with Crippen LogP contribution in [0.4, 0.5) is 13.2 Å². The van der Waals surface area contributed by atoms with E-state index in [0.717, 1.165) is 44.3 Å². The molecule has 0 radical (unpaired) electrons. The van der Waals surface area contributed by atoms with Gasteiger partial charge in [0.25, 0.3) is 0 Å². The van der Waals surface area contributed by atoms with Crippen molar-refractivity contribution in [2.24, 2.45) is 11.8 Å². The lowest BCUT2D eigenvalue weighted by Gasteiger charge is -2.33. The van der Waals surface area contributed by atoms with Crippen LogP contribution in [0, 0.1) is 24.2 Å². The van der Waals surface area contributed by atoms with Crippen LogP contribution in [0.3, 0.4) is 0 Å². The Kier molecular flexibility index (Phi) is 13.5. The summed E-state index contributed by atoms with van der Waals surface area (Å²) >= 11 is 0. The number of hydrogen-bond acceptors (Lipinski definition) is 6. The molecule has 3 N–H and O–H groups in total. The van der Waals surface area contributed by atoms with Gasteiger partial charge in [-0.05, 0) is 56.7 Å². The first-order chi connectivity index (χ1) is 19.0. The summed E-state index contributed by atoms with van der Waals surface area (Å²) in [6, 6.07) is 8.65. The summed E-state index contributed by atoms with van der Waals surface area (Å²) in [4.78, 5) is 48.4. The van der Waals surface area contributed by atoms with Crippen LogP contribution in [0.15, 0.2) is 30.3 Å². The Hall–Kier alpha value is -3.59. The van der Waals surface area contributed by atoms with E-state index in [4.69, 9.17) is 21.1 Å². The zero-order valence-electron chi connectivity index (χ0n) is 22.3. The largest absolute Gasteiger partial charge is 0.490 e. The van der Waals surface area contributed by atoms with E-state index in [1.165, 1.54) is 0 Å². The lowest BCUT2D eigenvalue weighted by atomic mass is 9.92. The molecule has 3 rings (SSSR count). The van der Waals surface area contributed by atoms with Crippen molar-refractivity contribution in [2.45, 2.75) is 63.8 Å². The fraction of sp³-hybridized carbons (Fsp3) is 0.571. The smallest absolute Gasteiger partial charge is 0.475 e. The van der Waals surface area contributed by atoms with Crippen LogP contribution >= 0.6 is 0 Å². The van der Waals surface area contributed by atoms with Crippen molar-refractivity contribution in [3.8, 4) is 12.3 Å². The number of ether oxygens (including phenoxy) is 1. The van der Waals surface area contributed by atoms with Crippen molar-refractivity contribution in [1.82, 2.24) is 15.5 Å². The first-order valence-electron chi connectivity index (χ1n) is 13.2. The summed E-state index contributed by atoms with van der Waals surface area (Å²) in [5.41, 5.74) is 0.888. The van der Waals surface area contributed by atoms with E-state index in [2.05, 4.69) is 16.6 Å². The number of carboxylic acids is 1. The van der Waals surface area contributed by atoms with Gasteiger partial charge in [0.2, 0.25) is 11.8 Å². The molecule has 2 aliphatic rings. The molecular formula is C28H36F3N3O6. The van der Waals surface area contributed by atoms with Gasteiger partial charge in [-0.3, -0.25) is 14.4 Å². The van der Waals surface area contributed by atoms with Gasteiger partial charge in [-0.1, -0.05) is 36.3 Å². The minimum absolute atomic E-state index is 0.0827. The van der Waals surface area contributed by atoms with Gasteiger partial charge in [-0.25, -0.2) is 4.79 Å². The maximum atomic E-state index is 12.8. The Morgan fingerprint density at radius 3 is 2.40 bits per heavy atom. The molecule has 9 nitrogen and oxygen atoms in total. The highest BCUT2D eigenvalue weighted by Crippen LogP contribution is 2.22. The fourth-order valence-electron chi connectivity index (χ4n) is 4.48. The maximum Gasteiger partial charge on any atom is 0.490 e. The zero-order chi connectivity index (χ0) is 29.5. The number of carboxylic acid groups (broad SMARTS) is 1. The predicted molar refractivity (Wildman–Crippen MR) is 139 cm³/mol. The number of likely N-dealkylation sites (tertiary alicyclic amines) is 1. The van der Waals surface area contributed by atoms with Gasteiger partial charge >= 0.3 is 18.1 Å². The molecule has 0 saturated carbocycles. The minimum atomic E-state index is -5.08. The quantitative estimate of drug-likeness (QED) is 0.310. The van der Waals surface area contributed by atoms with Gasteiger partial charge in [-0.15, -0.1) is 6.42 Å². The molecule has 40 heavy (non-hydrogen) atoms. The van der Waals surface area contributed by atoms with E-state index in [0.29, 0.717) is 31.8 Å². The Bertz CT molecular complexity index is 1020. The second-order valence-corrected chi connectivity index (χ2v) is 9.79. The third-order valence-corrected chi connectivity index (χ3v) is 6.74. The first kappa shape index (κ1) is 32.6. The number of nitrogens with zero attached hydrogens (tertiary/aromatic N) is 1. The number of piperidine rings is 2. The molecule has 12 heteroatoms. The van der Waals surface area contributed by atoms with Crippen molar-refractivity contribution in [2.75, 3.05) is 26.2 Å². The number of rotatable bonds is 9. The molecule has 1 unspecified atom stereocenters. The molecule has 0 aliphatic carbocycles. The molecule has 2 saturated heterocycles. The number of alkyl halides is 3. The second kappa shape index (κ2) is 16.5. The number of benzene rings is 1. The van der Waals surface area contributed by atoms with E-state index >= 15 is 0 Å². The molecule has 220 valence electrons. The van der Waals surface area contributed by atoms with E-state index in [1.54, 1.807) is 0 Å². The van der Waals surface area contributed by atoms with E-state index in [9.17, 15) is 27.6 Å². The summed E-state index contributed by atoms with van der Waals surface area (Å²) in [5.74, 6) is -0.516. The van der Waals surface area contributed by atoms with Crippen LogP contribution in [-0.4, -0.2) is 72.2 Å². The molecule has 2 heterocycles. The summed E-state index contributed by atoms with van der Waals surface area (Å²) in [6.45, 7) is 3.33. The van der Waals surface area contributed by atoms with Gasteiger partial charge in [0, 0.05) is 19.5 Å². The number of amides is 2. The molecule has 2 fully saturated rings. The van der Waals surface area contributed by atoms with Crippen LogP contribution in [0.2, 0.25) is 0 Å². The average molecular weight is 568 g/mol. The van der Waals surface area contributed by atoms with Gasteiger partial charge in [0.15, 0.2) is 0 Å². The summed E-state index contributed by atoms with van der Waals surface area (Å²) < 4.78 is 37.0. The number of carbonyl (C=O) groups excluding carboxylic acids is 3. The third kappa shape index (κ3) is 12.1. The molecule has 2 amide bonds. The summed E-state index contributed by atoms with van der Waals surface area (Å²) in [5, 5.41) is 13.3. The third-order valence-electron chi connectivity index (χ3n) is 6.74. The number of carbonyl (C=O) groups is 4. The summed E-state index contributed by atoms with van der Waals surface area (Å²) in [6.07, 6.45) is 5.59. The Balaban J connectivity index is 0.000000708. The first-order valence-corrected chi connectivity index (χ1v) is 13.2. The van der Waals surface area contributed by atoms with E-state index in [1.807, 2.05) is 35.2 Å². The van der Waals surface area contributed by atoms with Crippen LogP contribution in [0.1, 0.15) is 50.5 Å². The highest BCUT2D eigenvalue weighted by molar-refractivity contribution is 5.82. The Labute approximate surface area is 231 Å². The number of halogens is 3. The Morgan fingerprint density at radius 1 is 1.15 bits per heavy atom. The number of hydrogen-bond donors (Lipinski definition) is 3. The van der Waals surface area contributed by atoms with Crippen LogP contribution in [0.25, 0.3) is 0 Å². The molecular weight excluding hydrogens is 531 g/mol. The topological polar surface area (TPSA) is 125 Å². The lowest BCUT2D eigenvalue weighted by Crippen LogP contribution is -2.47. The molecule has 1 aromatic carbocycles. The van der Waals surface area contributed by atoms with Crippen LogP contribution < -0.4 is 10.6 Å². The molecule has 0 spiro atoms. The molecule has 2 aliphatic heterocycles. The maximum absolute atomic E-state index is 12.8. The van der Waals surface area contributed by atoms with Crippen molar-refractivity contribution in [3.63, 3.8) is 0 Å². The number of aliphatic carboxylic acids is 1.